The highest BCUT2D eigenvalue weighted by molar-refractivity contribution is 5.87. The van der Waals surface area contributed by atoms with E-state index in [1.807, 2.05) is 85.7 Å². The Hall–Kier alpha value is -2.56. The number of hydrogen-bond acceptors (Lipinski definition) is 10. The molecular weight excluding hydrogens is 624 g/mol. The lowest BCUT2D eigenvalue weighted by atomic mass is 9.95. The van der Waals surface area contributed by atoms with E-state index in [0.29, 0.717) is 58.4 Å². The Morgan fingerprint density at radius 3 is 1.23 bits per heavy atom. The topological polar surface area (TPSA) is 121 Å². The first-order chi connectivity index (χ1) is 23.2. The Morgan fingerprint density at radius 2 is 0.896 bits per heavy atom. The molecule has 3 rings (SSSR count). The molecule has 274 valence electrons. The third-order valence-electron chi connectivity index (χ3n) is 8.12. The van der Waals surface area contributed by atoms with Crippen molar-refractivity contribution in [3.05, 3.63) is 35.9 Å². The van der Waals surface area contributed by atoms with E-state index in [1.165, 1.54) is 0 Å². The largest absolute Gasteiger partial charge is 0.379 e. The number of carbonyl (C=O) groups is 2. The number of nitrogens with zero attached hydrogens (tertiary/aromatic N) is 4. The molecule has 2 aliphatic rings. The quantitative estimate of drug-likeness (QED) is 0.148. The van der Waals surface area contributed by atoms with Gasteiger partial charge >= 0.3 is 12.1 Å². The number of fused-ring (bicyclic) bond motifs is 1. The molecule has 0 aliphatic carbocycles. The van der Waals surface area contributed by atoms with E-state index < -0.39 is 11.8 Å². The van der Waals surface area contributed by atoms with E-state index in [4.69, 9.17) is 37.9 Å². The standard InChI is InChI=1S/C34H58N4O10/c1-9-41-18-26(5)45-22-35-31-34(30-16-14-13-15-17-30,37(32(35)39)24-47-28(7)20-43-11-3)38(25-48-29(8)21-44-12-4)33(40)36(31)23-46-27(6)19-42-10-2/h13-17,26-29,31H,9-12,18-25H2,1-8H3. The van der Waals surface area contributed by atoms with Crippen LogP contribution in [0.15, 0.2) is 30.3 Å². The van der Waals surface area contributed by atoms with Crippen LogP contribution in [0, 0.1) is 0 Å². The van der Waals surface area contributed by atoms with Crippen molar-refractivity contribution in [2.24, 2.45) is 0 Å². The molecule has 4 atom stereocenters. The zero-order valence-corrected chi connectivity index (χ0v) is 30.1. The first kappa shape index (κ1) is 39.9. The number of urea groups is 2. The van der Waals surface area contributed by atoms with Crippen molar-refractivity contribution in [2.45, 2.75) is 91.6 Å². The van der Waals surface area contributed by atoms with E-state index >= 15 is 0 Å². The van der Waals surface area contributed by atoms with Crippen LogP contribution in [0.1, 0.15) is 61.0 Å². The van der Waals surface area contributed by atoms with Crippen LogP contribution in [0.25, 0.3) is 0 Å². The predicted molar refractivity (Wildman–Crippen MR) is 178 cm³/mol. The van der Waals surface area contributed by atoms with E-state index in [-0.39, 0.29) is 63.4 Å². The van der Waals surface area contributed by atoms with E-state index in [1.54, 1.807) is 19.6 Å². The Bertz CT molecular complexity index is 1030. The lowest BCUT2D eigenvalue weighted by molar-refractivity contribution is -0.130. The van der Waals surface area contributed by atoms with Gasteiger partial charge in [-0.3, -0.25) is 19.6 Å². The van der Waals surface area contributed by atoms with Crippen LogP contribution < -0.4 is 0 Å². The second-order valence-electron chi connectivity index (χ2n) is 11.9. The molecule has 14 heteroatoms. The molecule has 2 heterocycles. The molecule has 2 saturated heterocycles. The fraction of sp³-hybridized carbons (Fsp3) is 0.765. The maximum Gasteiger partial charge on any atom is 0.327 e. The van der Waals surface area contributed by atoms with Gasteiger partial charge in [-0.1, -0.05) is 30.3 Å². The molecule has 48 heavy (non-hydrogen) atoms. The first-order valence-corrected chi connectivity index (χ1v) is 17.2. The number of ether oxygens (including phenoxy) is 8. The van der Waals surface area contributed by atoms with Gasteiger partial charge in [0.25, 0.3) is 0 Å². The molecule has 0 aromatic heterocycles. The average Bonchev–Trinajstić information content (AvgIpc) is 3.47. The lowest BCUT2D eigenvalue weighted by Gasteiger charge is -2.42. The Balaban J connectivity index is 2.13. The van der Waals surface area contributed by atoms with Gasteiger partial charge in [-0.15, -0.1) is 0 Å². The van der Waals surface area contributed by atoms with Gasteiger partial charge in [0.05, 0.1) is 50.8 Å². The maximum atomic E-state index is 14.7. The molecule has 2 fully saturated rings. The van der Waals surface area contributed by atoms with Gasteiger partial charge in [0.15, 0.2) is 11.8 Å². The molecule has 4 unspecified atom stereocenters. The van der Waals surface area contributed by atoms with Gasteiger partial charge in [-0.2, -0.15) is 0 Å². The molecule has 1 aromatic carbocycles. The van der Waals surface area contributed by atoms with Gasteiger partial charge in [0.1, 0.15) is 26.9 Å². The van der Waals surface area contributed by atoms with Crippen molar-refractivity contribution in [2.75, 3.05) is 79.8 Å². The normalized spacial score (nSPS) is 22.0. The van der Waals surface area contributed by atoms with Crippen LogP contribution >= 0.6 is 0 Å². The first-order valence-electron chi connectivity index (χ1n) is 17.2. The highest BCUT2D eigenvalue weighted by Crippen LogP contribution is 2.50. The van der Waals surface area contributed by atoms with Crippen LogP contribution in [0.3, 0.4) is 0 Å². The molecule has 0 spiro atoms. The van der Waals surface area contributed by atoms with Gasteiger partial charge in [-0.25, -0.2) is 9.59 Å². The number of rotatable bonds is 25. The summed E-state index contributed by atoms with van der Waals surface area (Å²) in [7, 11) is 0. The zero-order chi connectivity index (χ0) is 35.1. The molecule has 0 saturated carbocycles. The summed E-state index contributed by atoms with van der Waals surface area (Å²) in [6.07, 6.45) is -2.16. The van der Waals surface area contributed by atoms with Crippen LogP contribution in [-0.2, 0) is 43.6 Å². The summed E-state index contributed by atoms with van der Waals surface area (Å²) in [5, 5.41) is 0. The molecule has 1 aromatic rings. The molecule has 0 N–H and O–H groups in total. The highest BCUT2D eigenvalue weighted by atomic mass is 16.6. The third kappa shape index (κ3) is 9.78. The minimum atomic E-state index is -1.38. The second-order valence-corrected chi connectivity index (χ2v) is 11.9. The van der Waals surface area contributed by atoms with Gasteiger partial charge in [0, 0.05) is 32.0 Å². The molecule has 0 bridgehead atoms. The van der Waals surface area contributed by atoms with Gasteiger partial charge in [-0.05, 0) is 55.4 Å². The van der Waals surface area contributed by atoms with E-state index in [0.717, 1.165) is 0 Å². The monoisotopic (exact) mass is 682 g/mol. The minimum Gasteiger partial charge on any atom is -0.379 e. The van der Waals surface area contributed by atoms with Crippen molar-refractivity contribution >= 4 is 12.1 Å². The lowest BCUT2D eigenvalue weighted by Crippen LogP contribution is -2.58. The number of hydrogen-bond donors (Lipinski definition) is 0. The summed E-state index contributed by atoms with van der Waals surface area (Å²) in [5.41, 5.74) is -0.681. The summed E-state index contributed by atoms with van der Waals surface area (Å²) in [6.45, 7) is 18.3. The maximum absolute atomic E-state index is 14.7. The van der Waals surface area contributed by atoms with Crippen molar-refractivity contribution in [1.82, 2.24) is 19.6 Å². The minimum absolute atomic E-state index is 0.106. The molecule has 4 amide bonds. The summed E-state index contributed by atoms with van der Waals surface area (Å²) in [4.78, 5) is 35.6. The fourth-order valence-electron chi connectivity index (χ4n) is 5.69. The summed E-state index contributed by atoms with van der Waals surface area (Å²) in [6, 6.07) is 8.74. The Kier molecular flexibility index (Phi) is 16.8. The third-order valence-corrected chi connectivity index (χ3v) is 8.12. The molecule has 14 nitrogen and oxygen atoms in total. The number of benzene rings is 1. The summed E-state index contributed by atoms with van der Waals surface area (Å²) >= 11 is 0. The van der Waals surface area contributed by atoms with Crippen LogP contribution in [0.4, 0.5) is 9.59 Å². The van der Waals surface area contributed by atoms with Crippen molar-refractivity contribution in [3.8, 4) is 0 Å². The summed E-state index contributed by atoms with van der Waals surface area (Å²) in [5.74, 6) is 0. The fourth-order valence-corrected chi connectivity index (χ4v) is 5.69. The van der Waals surface area contributed by atoms with Crippen LogP contribution in [0.5, 0.6) is 0 Å². The highest BCUT2D eigenvalue weighted by Gasteiger charge is 2.70. The molecule has 0 radical (unpaired) electrons. The number of amides is 4. The zero-order valence-electron chi connectivity index (χ0n) is 30.1. The van der Waals surface area contributed by atoms with Crippen molar-refractivity contribution < 1.29 is 47.5 Å². The SMILES string of the molecule is CCOCC(C)OCN1C(=O)N(COC(C)COCC)C2(c3ccccc3)C1N(COC(C)COCC)C(=O)N2COC(C)COCC. The van der Waals surface area contributed by atoms with E-state index in [2.05, 4.69) is 0 Å². The Morgan fingerprint density at radius 1 is 0.562 bits per heavy atom. The van der Waals surface area contributed by atoms with Gasteiger partial charge < -0.3 is 37.9 Å². The smallest absolute Gasteiger partial charge is 0.327 e. The predicted octanol–water partition coefficient (Wildman–Crippen LogP) is 4.24. The van der Waals surface area contributed by atoms with Crippen LogP contribution in [-0.4, -0.2) is 142 Å². The van der Waals surface area contributed by atoms with Crippen LogP contribution in [0.2, 0.25) is 0 Å². The number of carbonyl (C=O) groups excluding carboxylic acids is 2. The molecule has 2 aliphatic heterocycles. The van der Waals surface area contributed by atoms with E-state index in [9.17, 15) is 9.59 Å². The van der Waals surface area contributed by atoms with Crippen molar-refractivity contribution in [3.63, 3.8) is 0 Å². The average molecular weight is 683 g/mol. The molecular formula is C34H58N4O10. The van der Waals surface area contributed by atoms with Gasteiger partial charge in [0.2, 0.25) is 0 Å². The Labute approximate surface area is 286 Å². The second kappa shape index (κ2) is 20.2. The van der Waals surface area contributed by atoms with Crippen molar-refractivity contribution in [1.29, 1.82) is 0 Å². The summed E-state index contributed by atoms with van der Waals surface area (Å²) < 4.78 is 47.2.